The van der Waals surface area contributed by atoms with E-state index in [1.807, 2.05) is 6.92 Å². The molecule has 94 valence electrons. The van der Waals surface area contributed by atoms with E-state index in [1.54, 1.807) is 0 Å². The van der Waals surface area contributed by atoms with E-state index in [0.717, 1.165) is 24.8 Å². The Hall–Kier alpha value is -1.02. The highest BCUT2D eigenvalue weighted by Gasteiger charge is 2.31. The number of hydrogen-bond donors (Lipinski definition) is 1. The van der Waals surface area contributed by atoms with Crippen molar-refractivity contribution >= 4 is 0 Å². The van der Waals surface area contributed by atoms with E-state index in [9.17, 15) is 0 Å². The van der Waals surface area contributed by atoms with Gasteiger partial charge in [0.25, 0.3) is 0 Å². The van der Waals surface area contributed by atoms with Crippen molar-refractivity contribution in [3.8, 4) is 5.75 Å². The number of benzene rings is 1. The fourth-order valence-corrected chi connectivity index (χ4v) is 2.22. The summed E-state index contributed by atoms with van der Waals surface area (Å²) in [5, 5.41) is 3.66. The van der Waals surface area contributed by atoms with Crippen molar-refractivity contribution < 1.29 is 4.74 Å². The monoisotopic (exact) mass is 233 g/mol. The number of rotatable bonds is 7. The Labute approximate surface area is 104 Å². The molecule has 1 saturated carbocycles. The van der Waals surface area contributed by atoms with Crippen molar-refractivity contribution in [3.05, 3.63) is 29.8 Å². The highest BCUT2D eigenvalue weighted by molar-refractivity contribution is 5.30. The molecule has 1 aliphatic rings. The SMILES string of the molecule is CCCNC(c1ccc(OCC)cc1)C1CC1. The Morgan fingerprint density at radius 2 is 1.94 bits per heavy atom. The minimum atomic E-state index is 0.547. The Balaban J connectivity index is 2.01. The molecule has 0 saturated heterocycles. The van der Waals surface area contributed by atoms with Crippen LogP contribution in [0.2, 0.25) is 0 Å². The number of ether oxygens (including phenoxy) is 1. The molecule has 0 amide bonds. The molecule has 1 N–H and O–H groups in total. The Bertz CT molecular complexity index is 329. The van der Waals surface area contributed by atoms with Gasteiger partial charge in [0, 0.05) is 6.04 Å². The highest BCUT2D eigenvalue weighted by Crippen LogP contribution is 2.41. The second-order valence-corrected chi connectivity index (χ2v) is 4.77. The Morgan fingerprint density at radius 1 is 1.24 bits per heavy atom. The van der Waals surface area contributed by atoms with E-state index < -0.39 is 0 Å². The molecule has 2 heteroatoms. The summed E-state index contributed by atoms with van der Waals surface area (Å²) in [5.74, 6) is 1.82. The zero-order valence-corrected chi connectivity index (χ0v) is 10.9. The van der Waals surface area contributed by atoms with Crippen LogP contribution >= 0.6 is 0 Å². The molecule has 0 spiro atoms. The summed E-state index contributed by atoms with van der Waals surface area (Å²) in [6.07, 6.45) is 3.93. The van der Waals surface area contributed by atoms with E-state index in [0.29, 0.717) is 6.04 Å². The largest absolute Gasteiger partial charge is 0.494 e. The smallest absolute Gasteiger partial charge is 0.119 e. The van der Waals surface area contributed by atoms with Crippen LogP contribution in [0.15, 0.2) is 24.3 Å². The molecular weight excluding hydrogens is 210 g/mol. The quantitative estimate of drug-likeness (QED) is 0.778. The lowest BCUT2D eigenvalue weighted by Crippen LogP contribution is -2.23. The van der Waals surface area contributed by atoms with Gasteiger partial charge in [-0.1, -0.05) is 19.1 Å². The molecule has 2 rings (SSSR count). The van der Waals surface area contributed by atoms with Crippen molar-refractivity contribution in [1.29, 1.82) is 0 Å². The summed E-state index contributed by atoms with van der Waals surface area (Å²) >= 11 is 0. The van der Waals surface area contributed by atoms with Gasteiger partial charge in [-0.2, -0.15) is 0 Å². The molecule has 0 heterocycles. The van der Waals surface area contributed by atoms with Crippen LogP contribution in [0.1, 0.15) is 44.7 Å². The third-order valence-corrected chi connectivity index (χ3v) is 3.26. The highest BCUT2D eigenvalue weighted by atomic mass is 16.5. The van der Waals surface area contributed by atoms with Crippen LogP contribution in [0.5, 0.6) is 5.75 Å². The van der Waals surface area contributed by atoms with Gasteiger partial charge in [-0.3, -0.25) is 0 Å². The molecule has 1 aromatic carbocycles. The Morgan fingerprint density at radius 3 is 2.47 bits per heavy atom. The maximum atomic E-state index is 5.48. The zero-order valence-electron chi connectivity index (χ0n) is 10.9. The van der Waals surface area contributed by atoms with Gasteiger partial charge in [0.2, 0.25) is 0 Å². The lowest BCUT2D eigenvalue weighted by Gasteiger charge is -2.18. The van der Waals surface area contributed by atoms with Crippen LogP contribution in [0.25, 0.3) is 0 Å². The first kappa shape index (κ1) is 12.4. The average Bonchev–Trinajstić information content (AvgIpc) is 3.16. The average molecular weight is 233 g/mol. The van der Waals surface area contributed by atoms with Crippen molar-refractivity contribution in [2.24, 2.45) is 5.92 Å². The minimum Gasteiger partial charge on any atom is -0.494 e. The normalized spacial score (nSPS) is 16.8. The van der Waals surface area contributed by atoms with E-state index in [2.05, 4.69) is 36.5 Å². The standard InChI is InChI=1S/C15H23NO/c1-3-11-16-15(12-5-6-12)13-7-9-14(10-8-13)17-4-2/h7-10,12,15-16H,3-6,11H2,1-2H3. The maximum Gasteiger partial charge on any atom is 0.119 e. The van der Waals surface area contributed by atoms with Gasteiger partial charge in [0.1, 0.15) is 5.75 Å². The van der Waals surface area contributed by atoms with Gasteiger partial charge >= 0.3 is 0 Å². The van der Waals surface area contributed by atoms with E-state index >= 15 is 0 Å². The second kappa shape index (κ2) is 6.06. The molecule has 1 aromatic rings. The summed E-state index contributed by atoms with van der Waals surface area (Å²) in [6, 6.07) is 9.13. The molecule has 0 aromatic heterocycles. The lowest BCUT2D eigenvalue weighted by atomic mass is 10.0. The second-order valence-electron chi connectivity index (χ2n) is 4.77. The van der Waals surface area contributed by atoms with Crippen LogP contribution < -0.4 is 10.1 Å². The van der Waals surface area contributed by atoms with Gasteiger partial charge in [-0.05, 0) is 56.3 Å². The number of hydrogen-bond acceptors (Lipinski definition) is 2. The van der Waals surface area contributed by atoms with Crippen molar-refractivity contribution in [1.82, 2.24) is 5.32 Å². The lowest BCUT2D eigenvalue weighted by molar-refractivity contribution is 0.340. The molecule has 0 aliphatic heterocycles. The maximum absolute atomic E-state index is 5.48. The molecule has 2 nitrogen and oxygen atoms in total. The zero-order chi connectivity index (χ0) is 12.1. The van der Waals surface area contributed by atoms with Gasteiger partial charge in [0.05, 0.1) is 6.61 Å². The first-order valence-electron chi connectivity index (χ1n) is 6.81. The van der Waals surface area contributed by atoms with Crippen LogP contribution in [0, 0.1) is 5.92 Å². The first-order chi connectivity index (χ1) is 8.35. The summed E-state index contributed by atoms with van der Waals surface area (Å²) < 4.78 is 5.48. The van der Waals surface area contributed by atoms with Crippen LogP contribution in [0.4, 0.5) is 0 Å². The third kappa shape index (κ3) is 3.47. The molecule has 0 bridgehead atoms. The van der Waals surface area contributed by atoms with Gasteiger partial charge in [-0.25, -0.2) is 0 Å². The van der Waals surface area contributed by atoms with Crippen molar-refractivity contribution in [2.45, 2.75) is 39.2 Å². The van der Waals surface area contributed by atoms with Crippen molar-refractivity contribution in [2.75, 3.05) is 13.2 Å². The molecular formula is C15H23NO. The summed E-state index contributed by atoms with van der Waals surface area (Å²) in [7, 11) is 0. The number of nitrogens with one attached hydrogen (secondary N) is 1. The molecule has 1 atom stereocenters. The fourth-order valence-electron chi connectivity index (χ4n) is 2.22. The molecule has 1 unspecified atom stereocenters. The van der Waals surface area contributed by atoms with Crippen LogP contribution in [-0.2, 0) is 0 Å². The molecule has 0 radical (unpaired) electrons. The molecule has 1 aliphatic carbocycles. The van der Waals surface area contributed by atoms with Crippen molar-refractivity contribution in [3.63, 3.8) is 0 Å². The van der Waals surface area contributed by atoms with Gasteiger partial charge < -0.3 is 10.1 Å². The topological polar surface area (TPSA) is 21.3 Å². The van der Waals surface area contributed by atoms with E-state index in [4.69, 9.17) is 4.74 Å². The van der Waals surface area contributed by atoms with Crippen LogP contribution in [-0.4, -0.2) is 13.2 Å². The van der Waals surface area contributed by atoms with E-state index in [-0.39, 0.29) is 0 Å². The van der Waals surface area contributed by atoms with Gasteiger partial charge in [-0.15, -0.1) is 0 Å². The summed E-state index contributed by atoms with van der Waals surface area (Å²) in [4.78, 5) is 0. The van der Waals surface area contributed by atoms with Crippen LogP contribution in [0.3, 0.4) is 0 Å². The van der Waals surface area contributed by atoms with Gasteiger partial charge in [0.15, 0.2) is 0 Å². The van der Waals surface area contributed by atoms with E-state index in [1.165, 1.54) is 24.8 Å². The first-order valence-corrected chi connectivity index (χ1v) is 6.81. The third-order valence-electron chi connectivity index (χ3n) is 3.26. The Kier molecular flexibility index (Phi) is 4.43. The summed E-state index contributed by atoms with van der Waals surface area (Å²) in [6.45, 7) is 6.08. The summed E-state index contributed by atoms with van der Waals surface area (Å²) in [5.41, 5.74) is 1.41. The predicted molar refractivity (Wildman–Crippen MR) is 71.4 cm³/mol. The predicted octanol–water partition coefficient (Wildman–Crippen LogP) is 3.54. The molecule has 17 heavy (non-hydrogen) atoms. The molecule has 1 fully saturated rings. The fraction of sp³-hybridized carbons (Fsp3) is 0.600. The minimum absolute atomic E-state index is 0.547.